The Labute approximate surface area is 115 Å². The summed E-state index contributed by atoms with van der Waals surface area (Å²) in [5, 5.41) is 10.7. The van der Waals surface area contributed by atoms with Crippen LogP contribution in [0.1, 0.15) is 22.7 Å². The molecule has 20 heavy (non-hydrogen) atoms. The summed E-state index contributed by atoms with van der Waals surface area (Å²) in [6.07, 6.45) is 0. The lowest BCUT2D eigenvalue weighted by Crippen LogP contribution is -1.99. The first-order chi connectivity index (χ1) is 9.70. The smallest absolute Gasteiger partial charge is 0.269 e. The number of nitrogens with zero attached hydrogens (tertiary/aromatic N) is 2. The van der Waals surface area contributed by atoms with Gasteiger partial charge in [0, 0.05) is 17.7 Å². The van der Waals surface area contributed by atoms with Gasteiger partial charge in [0.2, 0.25) is 5.90 Å². The molecule has 0 saturated carbocycles. The SMILES string of the molecule is COC1=NC(c2ccc([N+](=O)[O-])cc2)c2ccccc21. The molecular weight excluding hydrogens is 256 g/mol. The van der Waals surface area contributed by atoms with E-state index in [4.69, 9.17) is 4.74 Å². The van der Waals surface area contributed by atoms with E-state index in [1.165, 1.54) is 12.1 Å². The molecule has 0 N–H and O–H groups in total. The van der Waals surface area contributed by atoms with Gasteiger partial charge in [-0.2, -0.15) is 0 Å². The van der Waals surface area contributed by atoms with Gasteiger partial charge in [0.05, 0.1) is 12.0 Å². The van der Waals surface area contributed by atoms with Gasteiger partial charge in [-0.25, -0.2) is 4.99 Å². The second-order valence-electron chi connectivity index (χ2n) is 4.48. The molecule has 5 nitrogen and oxygen atoms in total. The first-order valence-electron chi connectivity index (χ1n) is 6.16. The van der Waals surface area contributed by atoms with Gasteiger partial charge in [-0.3, -0.25) is 10.1 Å². The van der Waals surface area contributed by atoms with E-state index in [2.05, 4.69) is 4.99 Å². The van der Waals surface area contributed by atoms with Crippen molar-refractivity contribution >= 4 is 11.6 Å². The molecule has 0 amide bonds. The Morgan fingerprint density at radius 1 is 1.15 bits per heavy atom. The van der Waals surface area contributed by atoms with Crippen LogP contribution in [0.25, 0.3) is 0 Å². The molecular formula is C15H12N2O3. The summed E-state index contributed by atoms with van der Waals surface area (Å²) in [5.41, 5.74) is 3.02. The summed E-state index contributed by atoms with van der Waals surface area (Å²) in [6, 6.07) is 14.2. The van der Waals surface area contributed by atoms with E-state index in [0.717, 1.165) is 16.7 Å². The number of hydrogen-bond acceptors (Lipinski definition) is 4. The average molecular weight is 268 g/mol. The molecule has 0 spiro atoms. The third kappa shape index (κ3) is 1.93. The molecule has 3 rings (SSSR count). The fourth-order valence-corrected chi connectivity index (χ4v) is 2.38. The van der Waals surface area contributed by atoms with Crippen LogP contribution >= 0.6 is 0 Å². The highest BCUT2D eigenvalue weighted by Crippen LogP contribution is 2.35. The fraction of sp³-hybridized carbons (Fsp3) is 0.133. The Bertz CT molecular complexity index is 693. The van der Waals surface area contributed by atoms with E-state index >= 15 is 0 Å². The summed E-state index contributed by atoms with van der Waals surface area (Å²) in [7, 11) is 1.59. The molecule has 1 aliphatic heterocycles. The number of benzene rings is 2. The van der Waals surface area contributed by atoms with Crippen LogP contribution in [0.4, 0.5) is 5.69 Å². The van der Waals surface area contributed by atoms with Crippen molar-refractivity contribution in [2.75, 3.05) is 7.11 Å². The maximum absolute atomic E-state index is 10.7. The van der Waals surface area contributed by atoms with Gasteiger partial charge in [-0.1, -0.05) is 18.2 Å². The normalized spacial score (nSPS) is 16.4. The Morgan fingerprint density at radius 3 is 2.50 bits per heavy atom. The number of nitro benzene ring substituents is 1. The van der Waals surface area contributed by atoms with Crippen LogP contribution in [0.2, 0.25) is 0 Å². The number of hydrogen-bond donors (Lipinski definition) is 0. The van der Waals surface area contributed by atoms with Crippen molar-refractivity contribution in [3.05, 3.63) is 75.3 Å². The lowest BCUT2D eigenvalue weighted by atomic mass is 9.97. The summed E-state index contributed by atoms with van der Waals surface area (Å²) in [6.45, 7) is 0. The van der Waals surface area contributed by atoms with Crippen molar-refractivity contribution < 1.29 is 9.66 Å². The summed E-state index contributed by atoms with van der Waals surface area (Å²) < 4.78 is 5.29. The molecule has 1 atom stereocenters. The fourth-order valence-electron chi connectivity index (χ4n) is 2.38. The highest BCUT2D eigenvalue weighted by atomic mass is 16.6. The predicted octanol–water partition coefficient (Wildman–Crippen LogP) is 3.09. The third-order valence-corrected chi connectivity index (χ3v) is 3.35. The molecule has 1 unspecified atom stereocenters. The van der Waals surface area contributed by atoms with Crippen molar-refractivity contribution in [1.29, 1.82) is 0 Å². The minimum Gasteiger partial charge on any atom is -0.481 e. The number of fused-ring (bicyclic) bond motifs is 1. The summed E-state index contributed by atoms with van der Waals surface area (Å²) in [4.78, 5) is 14.8. The second kappa shape index (κ2) is 4.77. The zero-order valence-electron chi connectivity index (χ0n) is 10.8. The molecule has 2 aromatic rings. The minimum absolute atomic E-state index is 0.0796. The maximum Gasteiger partial charge on any atom is 0.269 e. The largest absolute Gasteiger partial charge is 0.481 e. The number of ether oxygens (including phenoxy) is 1. The van der Waals surface area contributed by atoms with Gasteiger partial charge in [0.15, 0.2) is 0 Å². The number of nitro groups is 1. The standard InChI is InChI=1S/C15H12N2O3/c1-20-15-13-5-3-2-4-12(13)14(16-15)10-6-8-11(9-7-10)17(18)19/h2-9,14H,1H3. The maximum atomic E-state index is 10.7. The van der Waals surface area contributed by atoms with Crippen molar-refractivity contribution in [3.8, 4) is 0 Å². The Balaban J connectivity index is 2.03. The molecule has 0 aromatic heterocycles. The molecule has 1 aliphatic rings. The Kier molecular flexibility index (Phi) is 2.95. The highest BCUT2D eigenvalue weighted by Gasteiger charge is 2.26. The number of non-ortho nitro benzene ring substituents is 1. The zero-order chi connectivity index (χ0) is 14.1. The molecule has 0 aliphatic carbocycles. The average Bonchev–Trinajstić information content (AvgIpc) is 2.86. The van der Waals surface area contributed by atoms with Crippen LogP contribution in [-0.2, 0) is 4.74 Å². The van der Waals surface area contributed by atoms with Crippen LogP contribution in [0.5, 0.6) is 0 Å². The van der Waals surface area contributed by atoms with Crippen LogP contribution < -0.4 is 0 Å². The van der Waals surface area contributed by atoms with Crippen molar-refractivity contribution in [2.24, 2.45) is 4.99 Å². The van der Waals surface area contributed by atoms with E-state index in [-0.39, 0.29) is 11.7 Å². The molecule has 100 valence electrons. The monoisotopic (exact) mass is 268 g/mol. The molecule has 1 heterocycles. The Hall–Kier alpha value is -2.69. The first-order valence-corrected chi connectivity index (χ1v) is 6.16. The second-order valence-corrected chi connectivity index (χ2v) is 4.48. The van der Waals surface area contributed by atoms with Gasteiger partial charge < -0.3 is 4.74 Å². The van der Waals surface area contributed by atoms with Gasteiger partial charge >= 0.3 is 0 Å². The molecule has 5 heteroatoms. The van der Waals surface area contributed by atoms with Gasteiger partial charge in [0.25, 0.3) is 5.69 Å². The lowest BCUT2D eigenvalue weighted by molar-refractivity contribution is -0.384. The van der Waals surface area contributed by atoms with E-state index in [1.54, 1.807) is 19.2 Å². The van der Waals surface area contributed by atoms with Crippen molar-refractivity contribution in [2.45, 2.75) is 6.04 Å². The van der Waals surface area contributed by atoms with E-state index in [9.17, 15) is 10.1 Å². The summed E-state index contributed by atoms with van der Waals surface area (Å²) in [5.74, 6) is 0.601. The molecule has 0 saturated heterocycles. The van der Waals surface area contributed by atoms with Gasteiger partial charge in [0.1, 0.15) is 6.04 Å². The van der Waals surface area contributed by atoms with E-state index in [0.29, 0.717) is 5.90 Å². The molecule has 0 radical (unpaired) electrons. The van der Waals surface area contributed by atoms with E-state index < -0.39 is 4.92 Å². The van der Waals surface area contributed by atoms with Crippen LogP contribution in [0.15, 0.2) is 53.5 Å². The molecule has 0 fully saturated rings. The third-order valence-electron chi connectivity index (χ3n) is 3.35. The van der Waals surface area contributed by atoms with Gasteiger partial charge in [-0.15, -0.1) is 0 Å². The zero-order valence-corrected chi connectivity index (χ0v) is 10.8. The van der Waals surface area contributed by atoms with E-state index in [1.807, 2.05) is 24.3 Å². The van der Waals surface area contributed by atoms with Gasteiger partial charge in [-0.05, 0) is 29.3 Å². The topological polar surface area (TPSA) is 64.7 Å². The highest BCUT2D eigenvalue weighted by molar-refractivity contribution is 5.98. The predicted molar refractivity (Wildman–Crippen MR) is 74.9 cm³/mol. The van der Waals surface area contributed by atoms with Crippen LogP contribution in [0, 0.1) is 10.1 Å². The first kappa shape index (κ1) is 12.3. The number of methoxy groups -OCH3 is 1. The van der Waals surface area contributed by atoms with Crippen molar-refractivity contribution in [3.63, 3.8) is 0 Å². The molecule has 0 bridgehead atoms. The minimum atomic E-state index is -0.407. The quantitative estimate of drug-likeness (QED) is 0.621. The lowest BCUT2D eigenvalue weighted by Gasteiger charge is -2.08. The number of rotatable bonds is 2. The number of aliphatic imine (C=N–C) groups is 1. The molecule has 2 aromatic carbocycles. The van der Waals surface area contributed by atoms with Crippen LogP contribution in [0.3, 0.4) is 0 Å². The van der Waals surface area contributed by atoms with Crippen LogP contribution in [-0.4, -0.2) is 17.9 Å². The van der Waals surface area contributed by atoms with Crippen molar-refractivity contribution in [1.82, 2.24) is 0 Å². The Morgan fingerprint density at radius 2 is 1.85 bits per heavy atom. The summed E-state index contributed by atoms with van der Waals surface area (Å²) >= 11 is 0.